The van der Waals surface area contributed by atoms with E-state index in [0.717, 1.165) is 52.2 Å². The van der Waals surface area contributed by atoms with Crippen LogP contribution in [0.5, 0.6) is 0 Å². The third kappa shape index (κ3) is 11.6. The van der Waals surface area contributed by atoms with Crippen LogP contribution in [0, 0.1) is 5.92 Å². The Morgan fingerprint density at radius 2 is 1.17 bits per heavy atom. The SMILES string of the molecule is C1=C\C=C/C=C\C=C/1.NCCCn1c2cc(-c3cccc(CN(CCN)CCN)c3)ccc2c2ccc(C3CCCC(CN(CCN)CCN)C3)cc21. The lowest BCUT2D eigenvalue weighted by atomic mass is 9.77. The highest BCUT2D eigenvalue weighted by Crippen LogP contribution is 2.40. The monoisotopic (exact) mass is 717 g/mol. The van der Waals surface area contributed by atoms with Gasteiger partial charge in [-0.3, -0.25) is 4.90 Å². The van der Waals surface area contributed by atoms with Gasteiger partial charge in [0.25, 0.3) is 0 Å². The number of hydrogen-bond acceptors (Lipinski definition) is 7. The van der Waals surface area contributed by atoms with Crippen molar-refractivity contribution in [1.29, 1.82) is 0 Å². The zero-order valence-electron chi connectivity index (χ0n) is 31.8. The molecule has 2 aliphatic rings. The van der Waals surface area contributed by atoms with Crippen molar-refractivity contribution in [2.24, 2.45) is 34.6 Å². The molecule has 2 aliphatic carbocycles. The van der Waals surface area contributed by atoms with Crippen LogP contribution >= 0.6 is 0 Å². The van der Waals surface area contributed by atoms with Crippen LogP contribution < -0.4 is 28.7 Å². The van der Waals surface area contributed by atoms with Crippen LogP contribution in [-0.2, 0) is 13.1 Å². The van der Waals surface area contributed by atoms with E-state index in [1.165, 1.54) is 69.7 Å². The molecule has 0 radical (unpaired) electrons. The molecule has 1 fully saturated rings. The van der Waals surface area contributed by atoms with E-state index >= 15 is 0 Å². The molecule has 2 unspecified atom stereocenters. The smallest absolute Gasteiger partial charge is 0.0497 e. The molecule has 1 heterocycles. The quantitative estimate of drug-likeness (QED) is 0.0871. The Labute approximate surface area is 318 Å². The molecule has 8 nitrogen and oxygen atoms in total. The molecule has 1 aromatic heterocycles. The maximum absolute atomic E-state index is 6.05. The van der Waals surface area contributed by atoms with Crippen molar-refractivity contribution in [2.45, 2.75) is 51.1 Å². The number of aromatic nitrogens is 1. The summed E-state index contributed by atoms with van der Waals surface area (Å²) in [6.07, 6.45) is 22.0. The van der Waals surface area contributed by atoms with E-state index in [0.29, 0.717) is 44.6 Å². The first-order valence-electron chi connectivity index (χ1n) is 19.8. The van der Waals surface area contributed by atoms with Crippen LogP contribution in [0.2, 0.25) is 0 Å². The Hall–Kier alpha value is -3.86. The van der Waals surface area contributed by atoms with Crippen LogP contribution in [0.3, 0.4) is 0 Å². The van der Waals surface area contributed by atoms with E-state index in [-0.39, 0.29) is 0 Å². The largest absolute Gasteiger partial charge is 0.340 e. The van der Waals surface area contributed by atoms with Crippen LogP contribution in [0.4, 0.5) is 0 Å². The summed E-state index contributed by atoms with van der Waals surface area (Å²) in [5.74, 6) is 1.28. The topological polar surface area (TPSA) is 142 Å². The van der Waals surface area contributed by atoms with Gasteiger partial charge in [-0.05, 0) is 84.5 Å². The fourth-order valence-corrected chi connectivity index (χ4v) is 8.08. The summed E-state index contributed by atoms with van der Waals surface area (Å²) in [6, 6.07) is 23.1. The molecule has 53 heavy (non-hydrogen) atoms. The number of fused-ring (bicyclic) bond motifs is 3. The Morgan fingerprint density at radius 1 is 0.585 bits per heavy atom. The molecule has 2 atom stereocenters. The van der Waals surface area contributed by atoms with Gasteiger partial charge in [0.1, 0.15) is 0 Å². The van der Waals surface area contributed by atoms with E-state index in [1.54, 1.807) is 0 Å². The third-order valence-electron chi connectivity index (χ3n) is 10.6. The minimum Gasteiger partial charge on any atom is -0.340 e. The molecule has 1 saturated carbocycles. The lowest BCUT2D eigenvalue weighted by molar-refractivity contribution is 0.199. The second kappa shape index (κ2) is 21.7. The van der Waals surface area contributed by atoms with Gasteiger partial charge in [0.15, 0.2) is 0 Å². The van der Waals surface area contributed by atoms with Gasteiger partial charge >= 0.3 is 0 Å². The molecule has 0 aliphatic heterocycles. The first-order valence-corrected chi connectivity index (χ1v) is 19.8. The minimum atomic E-state index is 0.586. The molecule has 284 valence electrons. The second-order valence-electron chi connectivity index (χ2n) is 14.5. The van der Waals surface area contributed by atoms with Gasteiger partial charge in [0.2, 0.25) is 0 Å². The number of aryl methyl sites for hydroxylation is 1. The highest BCUT2D eigenvalue weighted by atomic mass is 15.1. The second-order valence-corrected chi connectivity index (χ2v) is 14.5. The van der Waals surface area contributed by atoms with Gasteiger partial charge in [-0.25, -0.2) is 0 Å². The van der Waals surface area contributed by atoms with Crippen LogP contribution in [0.25, 0.3) is 32.9 Å². The van der Waals surface area contributed by atoms with Gasteiger partial charge < -0.3 is 38.1 Å². The van der Waals surface area contributed by atoms with Crippen LogP contribution in [0.15, 0.2) is 109 Å². The summed E-state index contributed by atoms with van der Waals surface area (Å²) < 4.78 is 2.52. The maximum atomic E-state index is 6.05. The molecule has 10 N–H and O–H groups in total. The molecule has 0 bridgehead atoms. The number of rotatable bonds is 17. The molecular formula is C45H64N8. The molecular weight excluding hydrogens is 653 g/mol. The maximum Gasteiger partial charge on any atom is 0.0497 e. The summed E-state index contributed by atoms with van der Waals surface area (Å²) in [5.41, 5.74) is 37.4. The summed E-state index contributed by atoms with van der Waals surface area (Å²) >= 11 is 0. The molecule has 0 spiro atoms. The van der Waals surface area contributed by atoms with Crippen molar-refractivity contribution in [3.8, 4) is 11.1 Å². The Balaban J connectivity index is 0.000000599. The van der Waals surface area contributed by atoms with Crippen LogP contribution in [-0.4, -0.2) is 79.8 Å². The van der Waals surface area contributed by atoms with Crippen molar-refractivity contribution in [1.82, 2.24) is 14.4 Å². The number of hydrogen-bond donors (Lipinski definition) is 5. The highest BCUT2D eigenvalue weighted by Gasteiger charge is 2.25. The number of allylic oxidation sites excluding steroid dienone is 8. The molecule has 4 aromatic rings. The molecule has 0 saturated heterocycles. The van der Waals surface area contributed by atoms with E-state index in [1.807, 2.05) is 48.6 Å². The Kier molecular flexibility index (Phi) is 16.5. The summed E-state index contributed by atoms with van der Waals surface area (Å²) in [5, 5.41) is 2.64. The van der Waals surface area contributed by atoms with Crippen molar-refractivity contribution in [2.75, 3.05) is 65.4 Å². The minimum absolute atomic E-state index is 0.586. The van der Waals surface area contributed by atoms with E-state index in [2.05, 4.69) is 75.0 Å². The Bertz CT molecular complexity index is 1750. The fraction of sp³-hybridized carbons (Fsp3) is 0.422. The summed E-state index contributed by atoms with van der Waals surface area (Å²) in [6.45, 7) is 9.75. The average molecular weight is 717 g/mol. The molecule has 8 heteroatoms. The van der Waals surface area contributed by atoms with Gasteiger partial charge in [-0.1, -0.05) is 97.5 Å². The first-order chi connectivity index (χ1) is 26.1. The number of nitrogens with two attached hydrogens (primary N) is 5. The molecule has 6 rings (SSSR count). The van der Waals surface area contributed by atoms with Crippen molar-refractivity contribution >= 4 is 21.8 Å². The predicted octanol–water partition coefficient (Wildman–Crippen LogP) is 6.25. The van der Waals surface area contributed by atoms with Crippen molar-refractivity contribution < 1.29 is 0 Å². The van der Waals surface area contributed by atoms with Crippen molar-refractivity contribution in [3.05, 3.63) is 120 Å². The zero-order chi connectivity index (χ0) is 37.3. The predicted molar refractivity (Wildman–Crippen MR) is 228 cm³/mol. The number of benzene rings is 3. The first kappa shape index (κ1) is 40.3. The standard InChI is InChI=1S/C37H56N8.C8H8/c38-12-3-17-45-36-24-32(30-6-1-4-28(22-30)26-43(18-13-39)19-14-40)8-10-34(36)35-11-9-33(25-37(35)45)31-7-2-5-29(23-31)27-44(20-15-41)21-16-42;1-2-4-6-8-7-5-3-1/h1,4,6,8-11,22,24-25,29,31H,2-3,5,7,12-21,23,26-27,38-42H2;1-8H/b;2-1-,3-1?,4-2?,5-3-,6-4-,7-5?,8-6?,8-7-. The van der Waals surface area contributed by atoms with E-state index in [4.69, 9.17) is 28.7 Å². The molecule has 3 aromatic carbocycles. The van der Waals surface area contributed by atoms with Gasteiger partial charge in [0, 0.05) is 93.8 Å². The Morgan fingerprint density at radius 3 is 1.79 bits per heavy atom. The van der Waals surface area contributed by atoms with Crippen LogP contribution in [0.1, 0.15) is 49.1 Å². The lowest BCUT2D eigenvalue weighted by Gasteiger charge is -2.33. The van der Waals surface area contributed by atoms with E-state index < -0.39 is 0 Å². The third-order valence-corrected chi connectivity index (χ3v) is 10.6. The van der Waals surface area contributed by atoms with Gasteiger partial charge in [-0.2, -0.15) is 0 Å². The average Bonchev–Trinajstić information content (AvgIpc) is 3.46. The van der Waals surface area contributed by atoms with Gasteiger partial charge in [0.05, 0.1) is 0 Å². The molecule has 0 amide bonds. The highest BCUT2D eigenvalue weighted by molar-refractivity contribution is 6.09. The van der Waals surface area contributed by atoms with Crippen molar-refractivity contribution in [3.63, 3.8) is 0 Å². The normalized spacial score (nSPS) is 19.5. The van der Waals surface area contributed by atoms with E-state index in [9.17, 15) is 0 Å². The zero-order valence-corrected chi connectivity index (χ0v) is 31.8. The number of nitrogens with zero attached hydrogens (tertiary/aromatic N) is 3. The lowest BCUT2D eigenvalue weighted by Crippen LogP contribution is -2.38. The summed E-state index contributed by atoms with van der Waals surface area (Å²) in [4.78, 5) is 4.79. The van der Waals surface area contributed by atoms with Gasteiger partial charge in [-0.15, -0.1) is 0 Å². The fourth-order valence-electron chi connectivity index (χ4n) is 8.08. The summed E-state index contributed by atoms with van der Waals surface area (Å²) in [7, 11) is 0.